The number of pyridine rings is 2. The van der Waals surface area contributed by atoms with E-state index in [9.17, 15) is 4.79 Å². The first-order valence-corrected chi connectivity index (χ1v) is 9.88. The van der Waals surface area contributed by atoms with E-state index in [4.69, 9.17) is 14.5 Å². The molecule has 1 amide bonds. The zero-order valence-electron chi connectivity index (χ0n) is 16.8. The summed E-state index contributed by atoms with van der Waals surface area (Å²) in [5.41, 5.74) is 2.79. The predicted octanol–water partition coefficient (Wildman–Crippen LogP) is 3.60. The second-order valence-corrected chi connectivity index (χ2v) is 7.31. The van der Waals surface area contributed by atoms with Gasteiger partial charge in [-0.2, -0.15) is 0 Å². The molecular formula is C23H25N3O3. The minimum Gasteiger partial charge on any atom is -0.493 e. The third-order valence-corrected chi connectivity index (χ3v) is 5.55. The molecule has 1 saturated heterocycles. The largest absolute Gasteiger partial charge is 0.493 e. The number of carbonyl (C=O) groups excluding carboxylic acids is 1. The average molecular weight is 391 g/mol. The van der Waals surface area contributed by atoms with Crippen LogP contribution in [-0.2, 0) is 11.2 Å². The van der Waals surface area contributed by atoms with Gasteiger partial charge in [0.05, 0.1) is 20.6 Å². The molecular weight excluding hydrogens is 366 g/mol. The van der Waals surface area contributed by atoms with E-state index in [-0.39, 0.29) is 5.91 Å². The fourth-order valence-corrected chi connectivity index (χ4v) is 3.90. The molecule has 3 heterocycles. The van der Waals surface area contributed by atoms with E-state index in [1.807, 2.05) is 35.2 Å². The fourth-order valence-electron chi connectivity index (χ4n) is 3.90. The lowest BCUT2D eigenvalue weighted by Crippen LogP contribution is -2.38. The quantitative estimate of drug-likeness (QED) is 0.665. The molecule has 0 saturated carbocycles. The molecule has 0 aliphatic carbocycles. The Labute approximate surface area is 170 Å². The van der Waals surface area contributed by atoms with Crippen molar-refractivity contribution >= 4 is 16.9 Å². The maximum atomic E-state index is 12.8. The smallest absolute Gasteiger partial charge is 0.226 e. The van der Waals surface area contributed by atoms with E-state index in [0.29, 0.717) is 23.8 Å². The van der Waals surface area contributed by atoms with Gasteiger partial charge >= 0.3 is 0 Å². The number of hydrogen-bond donors (Lipinski definition) is 0. The number of aromatic nitrogens is 2. The number of carbonyl (C=O) groups is 1. The van der Waals surface area contributed by atoms with Crippen LogP contribution >= 0.6 is 0 Å². The van der Waals surface area contributed by atoms with Crippen LogP contribution in [0.4, 0.5) is 0 Å². The van der Waals surface area contributed by atoms with E-state index >= 15 is 0 Å². The Bertz CT molecular complexity index is 1010. The normalized spacial score (nSPS) is 14.8. The van der Waals surface area contributed by atoms with Crippen molar-refractivity contribution in [1.29, 1.82) is 0 Å². The van der Waals surface area contributed by atoms with E-state index in [1.165, 1.54) is 0 Å². The molecule has 1 aliphatic rings. The number of methoxy groups -OCH3 is 2. The summed E-state index contributed by atoms with van der Waals surface area (Å²) in [6.45, 7) is 1.50. The van der Waals surface area contributed by atoms with Gasteiger partial charge in [0, 0.05) is 36.3 Å². The molecule has 1 fully saturated rings. The number of benzene rings is 1. The minimum atomic E-state index is 0.142. The summed E-state index contributed by atoms with van der Waals surface area (Å²) in [6.07, 6.45) is 3.98. The van der Waals surface area contributed by atoms with Crippen molar-refractivity contribution in [2.24, 2.45) is 0 Å². The van der Waals surface area contributed by atoms with Crippen LogP contribution in [-0.4, -0.2) is 48.1 Å². The van der Waals surface area contributed by atoms with Crippen LogP contribution in [0, 0.1) is 0 Å². The lowest BCUT2D eigenvalue weighted by molar-refractivity contribution is -0.131. The molecule has 2 aromatic heterocycles. The molecule has 29 heavy (non-hydrogen) atoms. The second kappa shape index (κ2) is 8.47. The standard InChI is InChI=1S/C23H25N3O3/c1-28-20-8-5-16(14-21(20)29-2)15-22(27)26-12-9-17(10-13-26)19-7-6-18-4-3-11-24-23(18)25-19/h3-8,11,14,17H,9-10,12-13,15H2,1-2H3. The maximum absolute atomic E-state index is 12.8. The molecule has 0 bridgehead atoms. The monoisotopic (exact) mass is 391 g/mol. The molecule has 1 aliphatic heterocycles. The number of rotatable bonds is 5. The summed E-state index contributed by atoms with van der Waals surface area (Å²) in [5.74, 6) is 1.82. The summed E-state index contributed by atoms with van der Waals surface area (Å²) in [7, 11) is 3.21. The number of piperidine rings is 1. The van der Waals surface area contributed by atoms with Gasteiger partial charge < -0.3 is 14.4 Å². The zero-order valence-corrected chi connectivity index (χ0v) is 16.8. The highest BCUT2D eigenvalue weighted by molar-refractivity contribution is 5.79. The van der Waals surface area contributed by atoms with Crippen molar-refractivity contribution in [2.45, 2.75) is 25.2 Å². The lowest BCUT2D eigenvalue weighted by Gasteiger charge is -2.32. The average Bonchev–Trinajstić information content (AvgIpc) is 2.78. The summed E-state index contributed by atoms with van der Waals surface area (Å²) >= 11 is 0. The number of likely N-dealkylation sites (tertiary alicyclic amines) is 1. The summed E-state index contributed by atoms with van der Waals surface area (Å²) in [4.78, 5) is 23.8. The number of amides is 1. The van der Waals surface area contributed by atoms with Gasteiger partial charge in [-0.3, -0.25) is 4.79 Å². The van der Waals surface area contributed by atoms with Gasteiger partial charge in [-0.15, -0.1) is 0 Å². The van der Waals surface area contributed by atoms with Crippen LogP contribution in [0.5, 0.6) is 11.5 Å². The number of hydrogen-bond acceptors (Lipinski definition) is 5. The van der Waals surface area contributed by atoms with Crippen LogP contribution in [0.3, 0.4) is 0 Å². The summed E-state index contributed by atoms with van der Waals surface area (Å²) in [5, 5.41) is 1.05. The van der Waals surface area contributed by atoms with Gasteiger partial charge in [0.2, 0.25) is 5.91 Å². The lowest BCUT2D eigenvalue weighted by atomic mass is 9.92. The number of nitrogens with zero attached hydrogens (tertiary/aromatic N) is 3. The van der Waals surface area contributed by atoms with Crippen molar-refractivity contribution in [3.63, 3.8) is 0 Å². The summed E-state index contributed by atoms with van der Waals surface area (Å²) in [6, 6.07) is 13.7. The van der Waals surface area contributed by atoms with Crippen LogP contribution < -0.4 is 9.47 Å². The molecule has 1 aromatic carbocycles. The summed E-state index contributed by atoms with van der Waals surface area (Å²) < 4.78 is 10.6. The van der Waals surface area contributed by atoms with Gasteiger partial charge in [0.15, 0.2) is 17.1 Å². The van der Waals surface area contributed by atoms with Crippen molar-refractivity contribution in [2.75, 3.05) is 27.3 Å². The first kappa shape index (κ1) is 19.2. The molecule has 0 spiro atoms. The highest BCUT2D eigenvalue weighted by atomic mass is 16.5. The highest BCUT2D eigenvalue weighted by Crippen LogP contribution is 2.30. The van der Waals surface area contributed by atoms with Crippen molar-refractivity contribution in [1.82, 2.24) is 14.9 Å². The number of ether oxygens (including phenoxy) is 2. The Morgan fingerprint density at radius 1 is 1.07 bits per heavy atom. The number of fused-ring (bicyclic) bond motifs is 1. The molecule has 0 atom stereocenters. The first-order chi connectivity index (χ1) is 14.2. The predicted molar refractivity (Wildman–Crippen MR) is 111 cm³/mol. The van der Waals surface area contributed by atoms with E-state index in [0.717, 1.165) is 48.2 Å². The highest BCUT2D eigenvalue weighted by Gasteiger charge is 2.25. The molecule has 0 unspecified atom stereocenters. The van der Waals surface area contributed by atoms with Crippen molar-refractivity contribution < 1.29 is 14.3 Å². The van der Waals surface area contributed by atoms with E-state index in [2.05, 4.69) is 17.1 Å². The Kier molecular flexibility index (Phi) is 5.60. The van der Waals surface area contributed by atoms with Gasteiger partial charge in [-0.05, 0) is 54.8 Å². The second-order valence-electron chi connectivity index (χ2n) is 7.31. The van der Waals surface area contributed by atoms with Crippen LogP contribution in [0.15, 0.2) is 48.7 Å². The van der Waals surface area contributed by atoms with Gasteiger partial charge in [0.1, 0.15) is 0 Å². The minimum absolute atomic E-state index is 0.142. The SMILES string of the molecule is COc1ccc(CC(=O)N2CCC(c3ccc4cccnc4n3)CC2)cc1OC. The van der Waals surface area contributed by atoms with Gasteiger partial charge in [-0.1, -0.05) is 6.07 Å². The van der Waals surface area contributed by atoms with Gasteiger partial charge in [-0.25, -0.2) is 9.97 Å². The Hall–Kier alpha value is -3.15. The fraction of sp³-hybridized carbons (Fsp3) is 0.348. The Morgan fingerprint density at radius 3 is 2.62 bits per heavy atom. The molecule has 3 aromatic rings. The van der Waals surface area contributed by atoms with Crippen LogP contribution in [0.2, 0.25) is 0 Å². The zero-order chi connectivity index (χ0) is 20.2. The molecule has 0 N–H and O–H groups in total. The molecule has 4 rings (SSSR count). The maximum Gasteiger partial charge on any atom is 0.226 e. The molecule has 150 valence electrons. The first-order valence-electron chi connectivity index (χ1n) is 9.88. The topological polar surface area (TPSA) is 64.5 Å². The molecule has 6 nitrogen and oxygen atoms in total. The van der Waals surface area contributed by atoms with Crippen LogP contribution in [0.1, 0.15) is 30.0 Å². The Morgan fingerprint density at radius 2 is 1.86 bits per heavy atom. The third kappa shape index (κ3) is 4.16. The molecule has 0 radical (unpaired) electrons. The van der Waals surface area contributed by atoms with Crippen LogP contribution in [0.25, 0.3) is 11.0 Å². The van der Waals surface area contributed by atoms with Gasteiger partial charge in [0.25, 0.3) is 0 Å². The molecule has 6 heteroatoms. The van der Waals surface area contributed by atoms with Crippen molar-refractivity contribution in [3.8, 4) is 11.5 Å². The van der Waals surface area contributed by atoms with E-state index < -0.39 is 0 Å². The van der Waals surface area contributed by atoms with Crippen molar-refractivity contribution in [3.05, 3.63) is 59.9 Å². The van der Waals surface area contributed by atoms with E-state index in [1.54, 1.807) is 20.4 Å². The third-order valence-electron chi connectivity index (χ3n) is 5.55. The Balaban J connectivity index is 1.38.